The lowest BCUT2D eigenvalue weighted by atomic mass is 9.93. The third kappa shape index (κ3) is 5.88. The summed E-state index contributed by atoms with van der Waals surface area (Å²) in [5.74, 6) is 0.951. The lowest BCUT2D eigenvalue weighted by molar-refractivity contribution is -0.0155. The molecule has 1 fully saturated rings. The van der Waals surface area contributed by atoms with E-state index in [1.165, 1.54) is 6.07 Å². The molecule has 2 atom stereocenters. The summed E-state index contributed by atoms with van der Waals surface area (Å²) in [6, 6.07) is 12.2. The second-order valence-electron chi connectivity index (χ2n) is 9.09. The highest BCUT2D eigenvalue weighted by Gasteiger charge is 2.35. The van der Waals surface area contributed by atoms with Crippen molar-refractivity contribution in [1.29, 1.82) is 0 Å². The van der Waals surface area contributed by atoms with E-state index in [1.54, 1.807) is 44.6 Å². The van der Waals surface area contributed by atoms with Crippen LogP contribution in [0.5, 0.6) is 11.5 Å². The number of piperidine rings is 1. The smallest absolute Gasteiger partial charge is 0.257 e. The van der Waals surface area contributed by atoms with Gasteiger partial charge in [0, 0.05) is 32.8 Å². The zero-order valence-corrected chi connectivity index (χ0v) is 20.2. The predicted molar refractivity (Wildman–Crippen MR) is 129 cm³/mol. The van der Waals surface area contributed by atoms with Gasteiger partial charge in [-0.05, 0) is 62.1 Å². The molecule has 184 valence electrons. The monoisotopic (exact) mass is 470 g/mol. The normalized spacial score (nSPS) is 22.4. The average Bonchev–Trinajstić information content (AvgIpc) is 2.86. The number of hydrogen-bond donors (Lipinski definition) is 0. The summed E-state index contributed by atoms with van der Waals surface area (Å²) >= 11 is 0. The molecule has 0 spiro atoms. The van der Waals surface area contributed by atoms with Crippen molar-refractivity contribution in [2.24, 2.45) is 0 Å². The number of carbonyl (C=O) groups excluding carboxylic acids is 1. The van der Waals surface area contributed by atoms with E-state index in [-0.39, 0.29) is 23.9 Å². The standard InChI is InChI=1S/C27H35FN2O4/c1-32-22-11-12-23-26(18-22)34-16-15-29(19-20-7-5-8-21(28)17-20)13-4-3-9-24-25(33-2)10-6-14-30(24)27(23)31/h5,7-8,11-12,17-18,24-25H,3-4,6,9-10,13-16,19H2,1-2H3/t24-,25-/m1/s1. The van der Waals surface area contributed by atoms with Gasteiger partial charge >= 0.3 is 0 Å². The maximum Gasteiger partial charge on any atom is 0.257 e. The maximum absolute atomic E-state index is 13.7. The second-order valence-corrected chi connectivity index (χ2v) is 9.09. The largest absolute Gasteiger partial charge is 0.497 e. The van der Waals surface area contributed by atoms with Gasteiger partial charge in [0.2, 0.25) is 0 Å². The molecule has 0 saturated carbocycles. The van der Waals surface area contributed by atoms with Gasteiger partial charge in [-0.25, -0.2) is 4.39 Å². The van der Waals surface area contributed by atoms with Crippen LogP contribution in [0.25, 0.3) is 0 Å². The van der Waals surface area contributed by atoms with Crippen molar-refractivity contribution in [2.75, 3.05) is 40.5 Å². The second kappa shape index (κ2) is 11.7. The Morgan fingerprint density at radius 1 is 1.03 bits per heavy atom. The van der Waals surface area contributed by atoms with Crippen LogP contribution < -0.4 is 9.47 Å². The number of fused-ring (bicyclic) bond motifs is 2. The molecular formula is C27H35FN2O4. The van der Waals surface area contributed by atoms with Crippen molar-refractivity contribution in [1.82, 2.24) is 9.80 Å². The van der Waals surface area contributed by atoms with Crippen molar-refractivity contribution in [3.05, 3.63) is 59.4 Å². The first-order chi connectivity index (χ1) is 16.6. The van der Waals surface area contributed by atoms with E-state index in [0.717, 1.165) is 50.8 Å². The molecule has 6 nitrogen and oxygen atoms in total. The topological polar surface area (TPSA) is 51.2 Å². The van der Waals surface area contributed by atoms with E-state index in [2.05, 4.69) is 4.90 Å². The third-order valence-electron chi connectivity index (χ3n) is 6.88. The Labute approximate surface area is 201 Å². The minimum absolute atomic E-state index is 0.0136. The zero-order chi connectivity index (χ0) is 23.9. The molecule has 34 heavy (non-hydrogen) atoms. The molecular weight excluding hydrogens is 435 g/mol. The molecule has 0 radical (unpaired) electrons. The molecule has 2 aliphatic rings. The number of ether oxygens (including phenoxy) is 3. The highest BCUT2D eigenvalue weighted by Crippen LogP contribution is 2.31. The van der Waals surface area contributed by atoms with Gasteiger partial charge in [0.1, 0.15) is 23.9 Å². The number of hydrogen-bond acceptors (Lipinski definition) is 5. The SMILES string of the molecule is COc1ccc2c(c1)OCCN(Cc1cccc(F)c1)CCCC[C@@H]1[C@H](OC)CCCN1C2=O. The summed E-state index contributed by atoms with van der Waals surface area (Å²) in [5.41, 5.74) is 1.50. The van der Waals surface area contributed by atoms with E-state index in [9.17, 15) is 9.18 Å². The molecule has 0 aromatic heterocycles. The number of halogens is 1. The number of benzene rings is 2. The van der Waals surface area contributed by atoms with Crippen molar-refractivity contribution >= 4 is 5.91 Å². The van der Waals surface area contributed by atoms with Crippen LogP contribution in [0.3, 0.4) is 0 Å². The summed E-state index contributed by atoms with van der Waals surface area (Å²) in [4.78, 5) is 17.9. The van der Waals surface area contributed by atoms with Crippen LogP contribution in [0.15, 0.2) is 42.5 Å². The number of methoxy groups -OCH3 is 2. The first-order valence-corrected chi connectivity index (χ1v) is 12.2. The highest BCUT2D eigenvalue weighted by atomic mass is 19.1. The molecule has 0 N–H and O–H groups in total. The van der Waals surface area contributed by atoms with Crippen LogP contribution in [-0.4, -0.2) is 68.3 Å². The average molecular weight is 471 g/mol. The minimum atomic E-state index is -0.220. The van der Waals surface area contributed by atoms with Crippen LogP contribution in [0.2, 0.25) is 0 Å². The first kappa shape index (κ1) is 24.5. The molecule has 0 aliphatic carbocycles. The molecule has 1 amide bonds. The van der Waals surface area contributed by atoms with Gasteiger partial charge in [0.05, 0.1) is 24.8 Å². The van der Waals surface area contributed by atoms with Crippen molar-refractivity contribution in [3.63, 3.8) is 0 Å². The van der Waals surface area contributed by atoms with Crippen LogP contribution in [-0.2, 0) is 11.3 Å². The maximum atomic E-state index is 13.7. The Hall–Kier alpha value is -2.64. The Kier molecular flexibility index (Phi) is 8.40. The van der Waals surface area contributed by atoms with E-state index in [0.29, 0.717) is 36.8 Å². The molecule has 2 aromatic rings. The molecule has 4 rings (SSSR count). The van der Waals surface area contributed by atoms with Crippen LogP contribution in [0, 0.1) is 5.82 Å². The Morgan fingerprint density at radius 3 is 2.71 bits per heavy atom. The summed E-state index contributed by atoms with van der Waals surface area (Å²) in [6.45, 7) is 3.35. The molecule has 1 saturated heterocycles. The third-order valence-corrected chi connectivity index (χ3v) is 6.88. The fourth-order valence-electron chi connectivity index (χ4n) is 5.11. The molecule has 7 heteroatoms. The Morgan fingerprint density at radius 2 is 1.91 bits per heavy atom. The number of carbonyl (C=O) groups is 1. The van der Waals surface area contributed by atoms with Crippen LogP contribution in [0.4, 0.5) is 4.39 Å². The molecule has 2 heterocycles. The van der Waals surface area contributed by atoms with Gasteiger partial charge < -0.3 is 19.1 Å². The predicted octanol–water partition coefficient (Wildman–Crippen LogP) is 4.52. The zero-order valence-electron chi connectivity index (χ0n) is 20.2. The van der Waals surface area contributed by atoms with Gasteiger partial charge in [0.15, 0.2) is 0 Å². The lowest BCUT2D eigenvalue weighted by Crippen LogP contribution is -2.51. The van der Waals surface area contributed by atoms with Gasteiger partial charge in [-0.3, -0.25) is 9.69 Å². The highest BCUT2D eigenvalue weighted by molar-refractivity contribution is 5.97. The van der Waals surface area contributed by atoms with Crippen molar-refractivity contribution in [2.45, 2.75) is 50.8 Å². The summed E-state index contributed by atoms with van der Waals surface area (Å²) in [5, 5.41) is 0. The summed E-state index contributed by atoms with van der Waals surface area (Å²) in [6.07, 6.45) is 4.80. The molecule has 2 aromatic carbocycles. The summed E-state index contributed by atoms with van der Waals surface area (Å²) < 4.78 is 31.1. The van der Waals surface area contributed by atoms with Gasteiger partial charge in [-0.15, -0.1) is 0 Å². The quantitative estimate of drug-likeness (QED) is 0.658. The summed E-state index contributed by atoms with van der Waals surface area (Å²) in [7, 11) is 3.34. The van der Waals surface area contributed by atoms with Gasteiger partial charge in [-0.2, -0.15) is 0 Å². The van der Waals surface area contributed by atoms with Crippen molar-refractivity contribution in [3.8, 4) is 11.5 Å². The molecule has 0 bridgehead atoms. The molecule has 2 aliphatic heterocycles. The van der Waals surface area contributed by atoms with E-state index in [1.807, 2.05) is 11.0 Å². The Bertz CT molecular complexity index is 969. The van der Waals surface area contributed by atoms with Gasteiger partial charge in [-0.1, -0.05) is 18.6 Å². The Balaban J connectivity index is 1.60. The van der Waals surface area contributed by atoms with E-state index >= 15 is 0 Å². The fourth-order valence-corrected chi connectivity index (χ4v) is 5.11. The number of amides is 1. The van der Waals surface area contributed by atoms with E-state index in [4.69, 9.17) is 14.2 Å². The van der Waals surface area contributed by atoms with Crippen LogP contribution in [0.1, 0.15) is 48.0 Å². The van der Waals surface area contributed by atoms with Crippen molar-refractivity contribution < 1.29 is 23.4 Å². The van der Waals surface area contributed by atoms with Gasteiger partial charge in [0.25, 0.3) is 5.91 Å². The number of nitrogens with zero attached hydrogens (tertiary/aromatic N) is 2. The fraction of sp³-hybridized carbons (Fsp3) is 0.519. The molecule has 0 unspecified atom stereocenters. The lowest BCUT2D eigenvalue weighted by Gasteiger charge is -2.41. The van der Waals surface area contributed by atoms with Crippen LogP contribution >= 0.6 is 0 Å². The minimum Gasteiger partial charge on any atom is -0.497 e. The van der Waals surface area contributed by atoms with E-state index < -0.39 is 0 Å². The first-order valence-electron chi connectivity index (χ1n) is 12.2. The number of rotatable bonds is 4.